The molecule has 0 fully saturated rings. The Kier molecular flexibility index (Phi) is 5.62. The topological polar surface area (TPSA) is 57.6 Å². The first-order valence-corrected chi connectivity index (χ1v) is 7.69. The maximum absolute atomic E-state index is 11.2. The predicted molar refractivity (Wildman–Crippen MR) is 73.8 cm³/mol. The molecule has 0 aromatic heterocycles. The van der Waals surface area contributed by atoms with Crippen molar-refractivity contribution < 1.29 is 13.0 Å². The third-order valence-electron chi connectivity index (χ3n) is 3.06. The summed E-state index contributed by atoms with van der Waals surface area (Å²) >= 11 is 0. The molecule has 0 spiro atoms. The van der Waals surface area contributed by atoms with Crippen molar-refractivity contribution in [3.8, 4) is 0 Å². The van der Waals surface area contributed by atoms with Gasteiger partial charge in [0.15, 0.2) is 0 Å². The van der Waals surface area contributed by atoms with Crippen molar-refractivity contribution in [1.82, 2.24) is 4.90 Å². The van der Waals surface area contributed by atoms with E-state index < -0.39 is 15.4 Å². The molecule has 2 unspecified atom stereocenters. The highest BCUT2D eigenvalue weighted by Gasteiger charge is 2.23. The van der Waals surface area contributed by atoms with Crippen LogP contribution in [0, 0.1) is 0 Å². The quantitative estimate of drug-likeness (QED) is 0.570. The molecule has 0 aromatic rings. The summed E-state index contributed by atoms with van der Waals surface area (Å²) in [6, 6.07) is 0.0960. The van der Waals surface area contributed by atoms with E-state index in [1.807, 2.05) is 42.3 Å². The molecule has 2 atom stereocenters. The van der Waals surface area contributed by atoms with Gasteiger partial charge in [0.2, 0.25) is 0 Å². The zero-order valence-corrected chi connectivity index (χ0v) is 11.5. The minimum Gasteiger partial charge on any atom is -0.368 e. The highest BCUT2D eigenvalue weighted by molar-refractivity contribution is 7.86. The number of hydrogen-bond donors (Lipinski definition) is 1. The minimum atomic E-state index is -3.95. The summed E-state index contributed by atoms with van der Waals surface area (Å²) in [5.41, 5.74) is 0. The van der Waals surface area contributed by atoms with Crippen LogP contribution in [0.5, 0.6) is 0 Å². The molecule has 1 aliphatic rings. The van der Waals surface area contributed by atoms with E-state index in [2.05, 4.69) is 6.58 Å². The number of nitrogens with zero attached hydrogens (tertiary/aromatic N) is 1. The molecule has 1 N–H and O–H groups in total. The second kappa shape index (κ2) is 6.75. The van der Waals surface area contributed by atoms with E-state index in [9.17, 15) is 8.42 Å². The molecule has 0 aliphatic carbocycles. The first kappa shape index (κ1) is 15.0. The van der Waals surface area contributed by atoms with Crippen LogP contribution in [0.25, 0.3) is 0 Å². The highest BCUT2D eigenvalue weighted by Crippen LogP contribution is 2.16. The first-order valence-electron chi connectivity index (χ1n) is 6.18. The summed E-state index contributed by atoms with van der Waals surface area (Å²) in [5.74, 6) is 0. The summed E-state index contributed by atoms with van der Waals surface area (Å²) < 4.78 is 31.6. The fourth-order valence-electron chi connectivity index (χ4n) is 2.04. The fraction of sp³-hybridized carbons (Fsp3) is 0.538. The average Bonchev–Trinajstić information content (AvgIpc) is 2.33. The molecule has 5 heteroatoms. The zero-order valence-electron chi connectivity index (χ0n) is 10.7. The summed E-state index contributed by atoms with van der Waals surface area (Å²) in [5, 5.41) is -0.674. The molecule has 1 rings (SSSR count). The standard InChI is InChI=1S/C13H21NO3S/c1-3-7-13(18(15,16)17)9-11-14-10-6-5-8-12(14)4-2/h4-6,8,10,12-13H,2-3,7,9,11H2,1H3,(H,15,16,17). The Morgan fingerprint density at radius 1 is 1.44 bits per heavy atom. The van der Waals surface area contributed by atoms with Crippen LogP contribution in [-0.2, 0) is 10.1 Å². The van der Waals surface area contributed by atoms with Crippen LogP contribution in [0.1, 0.15) is 26.2 Å². The van der Waals surface area contributed by atoms with Gasteiger partial charge in [-0.05, 0) is 25.1 Å². The lowest BCUT2D eigenvalue weighted by Gasteiger charge is -2.29. The molecule has 0 bridgehead atoms. The predicted octanol–water partition coefficient (Wildman–Crippen LogP) is 2.37. The van der Waals surface area contributed by atoms with Crippen LogP contribution < -0.4 is 0 Å². The Balaban J connectivity index is 2.59. The molecule has 1 aliphatic heterocycles. The minimum absolute atomic E-state index is 0.0960. The largest absolute Gasteiger partial charge is 0.368 e. The van der Waals surface area contributed by atoms with Crippen molar-refractivity contribution in [3.63, 3.8) is 0 Å². The fourth-order valence-corrected chi connectivity index (χ4v) is 2.98. The second-order valence-electron chi connectivity index (χ2n) is 4.40. The van der Waals surface area contributed by atoms with Gasteiger partial charge in [0.1, 0.15) is 0 Å². The first-order chi connectivity index (χ1) is 8.49. The van der Waals surface area contributed by atoms with Crippen molar-refractivity contribution in [1.29, 1.82) is 0 Å². The van der Waals surface area contributed by atoms with E-state index in [1.165, 1.54) is 0 Å². The van der Waals surface area contributed by atoms with Gasteiger partial charge in [-0.25, -0.2) is 0 Å². The third-order valence-corrected chi connectivity index (χ3v) is 4.38. The molecule has 18 heavy (non-hydrogen) atoms. The van der Waals surface area contributed by atoms with Gasteiger partial charge in [0.05, 0.1) is 11.3 Å². The van der Waals surface area contributed by atoms with Crippen LogP contribution in [-0.4, -0.2) is 35.7 Å². The molecule has 0 radical (unpaired) electrons. The summed E-state index contributed by atoms with van der Waals surface area (Å²) in [6.45, 7) is 6.25. The van der Waals surface area contributed by atoms with Gasteiger partial charge in [-0.15, -0.1) is 6.58 Å². The average molecular weight is 271 g/mol. The summed E-state index contributed by atoms with van der Waals surface area (Å²) in [7, 11) is -3.95. The molecule has 0 saturated heterocycles. The molecule has 0 amide bonds. The van der Waals surface area contributed by atoms with E-state index in [4.69, 9.17) is 4.55 Å². The summed E-state index contributed by atoms with van der Waals surface area (Å²) in [4.78, 5) is 2.01. The monoisotopic (exact) mass is 271 g/mol. The molecule has 4 nitrogen and oxygen atoms in total. The number of rotatable bonds is 7. The zero-order chi connectivity index (χ0) is 13.6. The van der Waals surface area contributed by atoms with Crippen molar-refractivity contribution >= 4 is 10.1 Å². The Hall–Kier alpha value is -1.07. The molecule has 1 heterocycles. The Morgan fingerprint density at radius 2 is 2.17 bits per heavy atom. The normalized spacial score (nSPS) is 21.0. The Bertz CT molecular complexity index is 426. The molecular formula is C13H21NO3S. The molecule has 0 saturated carbocycles. The highest BCUT2D eigenvalue weighted by atomic mass is 32.2. The van der Waals surface area contributed by atoms with Gasteiger partial charge in [-0.2, -0.15) is 8.42 Å². The number of allylic oxidation sites excluding steroid dienone is 2. The van der Waals surface area contributed by atoms with Crippen LogP contribution in [0.15, 0.2) is 37.1 Å². The van der Waals surface area contributed by atoms with Gasteiger partial charge in [-0.3, -0.25) is 4.55 Å². The van der Waals surface area contributed by atoms with Crippen molar-refractivity contribution in [2.75, 3.05) is 6.54 Å². The van der Waals surface area contributed by atoms with E-state index in [0.29, 0.717) is 19.4 Å². The number of hydrogen-bond acceptors (Lipinski definition) is 3. The van der Waals surface area contributed by atoms with Crippen molar-refractivity contribution in [3.05, 3.63) is 37.1 Å². The van der Waals surface area contributed by atoms with Crippen LogP contribution >= 0.6 is 0 Å². The van der Waals surface area contributed by atoms with Gasteiger partial charge < -0.3 is 4.90 Å². The van der Waals surface area contributed by atoms with Crippen LogP contribution in [0.2, 0.25) is 0 Å². The van der Waals surface area contributed by atoms with Crippen molar-refractivity contribution in [2.24, 2.45) is 0 Å². The Labute approximate surface area is 109 Å². The van der Waals surface area contributed by atoms with Gasteiger partial charge in [0.25, 0.3) is 10.1 Å². The van der Waals surface area contributed by atoms with Gasteiger partial charge >= 0.3 is 0 Å². The van der Waals surface area contributed by atoms with Crippen molar-refractivity contribution in [2.45, 2.75) is 37.5 Å². The van der Waals surface area contributed by atoms with Gasteiger partial charge in [0, 0.05) is 6.54 Å². The van der Waals surface area contributed by atoms with Crippen LogP contribution in [0.4, 0.5) is 0 Å². The van der Waals surface area contributed by atoms with Crippen LogP contribution in [0.3, 0.4) is 0 Å². The second-order valence-corrected chi connectivity index (χ2v) is 6.10. The maximum atomic E-state index is 11.2. The molecular weight excluding hydrogens is 250 g/mol. The summed E-state index contributed by atoms with van der Waals surface area (Å²) in [6.07, 6.45) is 11.2. The van der Waals surface area contributed by atoms with E-state index in [-0.39, 0.29) is 6.04 Å². The molecule has 102 valence electrons. The van der Waals surface area contributed by atoms with E-state index >= 15 is 0 Å². The van der Waals surface area contributed by atoms with Gasteiger partial charge in [-0.1, -0.05) is 31.6 Å². The lowest BCUT2D eigenvalue weighted by molar-refractivity contribution is 0.340. The maximum Gasteiger partial charge on any atom is 0.267 e. The SMILES string of the molecule is C=CC1C=CC=CN1CCC(CCC)S(=O)(=O)O. The lowest BCUT2D eigenvalue weighted by Crippen LogP contribution is -2.33. The van der Waals surface area contributed by atoms with E-state index in [1.54, 1.807) is 0 Å². The third kappa shape index (κ3) is 4.31. The van der Waals surface area contributed by atoms with E-state index in [0.717, 1.165) is 6.42 Å². The molecule has 0 aromatic carbocycles. The smallest absolute Gasteiger partial charge is 0.267 e. The lowest BCUT2D eigenvalue weighted by atomic mass is 10.1. The Morgan fingerprint density at radius 3 is 2.72 bits per heavy atom.